The van der Waals surface area contributed by atoms with E-state index in [1.54, 1.807) is 21.1 Å². The summed E-state index contributed by atoms with van der Waals surface area (Å²) in [4.78, 5) is 42.8. The highest BCUT2D eigenvalue weighted by Crippen LogP contribution is 2.36. The second kappa shape index (κ2) is 6.12. The summed E-state index contributed by atoms with van der Waals surface area (Å²) < 4.78 is 0. The van der Waals surface area contributed by atoms with Crippen LogP contribution in [0, 0.1) is 5.41 Å². The number of nitrogens with zero attached hydrogens (tertiary/aromatic N) is 3. The van der Waals surface area contributed by atoms with E-state index in [2.05, 4.69) is 0 Å². The molecule has 0 N–H and O–H groups in total. The molecular weight excluding hydrogens is 338 g/mol. The maximum absolute atomic E-state index is 12.7. The van der Waals surface area contributed by atoms with E-state index in [9.17, 15) is 14.4 Å². The van der Waals surface area contributed by atoms with E-state index in [0.717, 1.165) is 5.69 Å². The molecule has 1 unspecified atom stereocenters. The van der Waals surface area contributed by atoms with Crippen LogP contribution in [0.5, 0.6) is 0 Å². The van der Waals surface area contributed by atoms with Crippen LogP contribution in [0.3, 0.4) is 0 Å². The van der Waals surface area contributed by atoms with Gasteiger partial charge in [0.25, 0.3) is 0 Å². The van der Waals surface area contributed by atoms with Crippen LogP contribution in [0.1, 0.15) is 34.1 Å². The monoisotopic (exact) mass is 363 g/mol. The van der Waals surface area contributed by atoms with E-state index in [1.807, 2.05) is 42.5 Å². The highest BCUT2D eigenvalue weighted by Gasteiger charge is 2.52. The second-order valence-electron chi connectivity index (χ2n) is 8.02. The summed E-state index contributed by atoms with van der Waals surface area (Å²) >= 11 is 1.54. The molecule has 1 aromatic heterocycles. The van der Waals surface area contributed by atoms with Gasteiger partial charge < -0.3 is 14.7 Å². The van der Waals surface area contributed by atoms with Gasteiger partial charge in [-0.25, -0.2) is 0 Å². The molecule has 136 valence electrons. The third-order valence-electron chi connectivity index (χ3n) is 5.08. The van der Waals surface area contributed by atoms with Gasteiger partial charge in [0.2, 0.25) is 17.7 Å². The van der Waals surface area contributed by atoms with E-state index >= 15 is 0 Å². The van der Waals surface area contributed by atoms with Crippen molar-refractivity contribution in [3.05, 3.63) is 16.8 Å². The normalized spacial score (nSPS) is 24.3. The van der Waals surface area contributed by atoms with Gasteiger partial charge in [-0.15, -0.1) is 0 Å². The highest BCUT2D eigenvalue weighted by atomic mass is 32.1. The fourth-order valence-corrected chi connectivity index (χ4v) is 4.44. The summed E-state index contributed by atoms with van der Waals surface area (Å²) in [7, 11) is 0. The first-order valence-corrected chi connectivity index (χ1v) is 9.48. The molecule has 25 heavy (non-hydrogen) atoms. The minimum absolute atomic E-state index is 0.0696. The number of piperazine rings is 1. The van der Waals surface area contributed by atoms with E-state index in [0.29, 0.717) is 26.1 Å². The lowest BCUT2D eigenvalue weighted by Crippen LogP contribution is -2.67. The molecule has 3 heterocycles. The average molecular weight is 363 g/mol. The summed E-state index contributed by atoms with van der Waals surface area (Å²) in [5, 5.41) is 3.89. The minimum atomic E-state index is -0.497. The number of likely N-dealkylation sites (tertiary alicyclic amines) is 1. The number of carbonyl (C=O) groups excluding carboxylic acids is 3. The molecule has 7 heteroatoms. The van der Waals surface area contributed by atoms with Crippen LogP contribution in [0.25, 0.3) is 0 Å². The molecule has 0 radical (unpaired) electrons. The number of hydrogen-bond acceptors (Lipinski definition) is 4. The maximum atomic E-state index is 12.7. The molecular formula is C18H25N3O3S. The zero-order valence-electron chi connectivity index (χ0n) is 15.2. The SMILES string of the molecule is CC(=O)N1CC(=O)N(c2ccsc2)CC12CCN(C(=O)C(C)(C)C)C2. The van der Waals surface area contributed by atoms with Gasteiger partial charge in [-0.3, -0.25) is 14.4 Å². The van der Waals surface area contributed by atoms with Crippen LogP contribution in [0.15, 0.2) is 16.8 Å². The topological polar surface area (TPSA) is 60.9 Å². The lowest BCUT2D eigenvalue weighted by Gasteiger charge is -2.48. The Morgan fingerprint density at radius 3 is 2.52 bits per heavy atom. The Morgan fingerprint density at radius 1 is 1.24 bits per heavy atom. The second-order valence-corrected chi connectivity index (χ2v) is 8.80. The number of carbonyl (C=O) groups is 3. The van der Waals surface area contributed by atoms with Crippen molar-refractivity contribution in [3.63, 3.8) is 0 Å². The quantitative estimate of drug-likeness (QED) is 0.766. The predicted molar refractivity (Wildman–Crippen MR) is 97.4 cm³/mol. The number of anilines is 1. The molecule has 2 saturated heterocycles. The first kappa shape index (κ1) is 17.9. The van der Waals surface area contributed by atoms with Crippen LogP contribution in [-0.2, 0) is 14.4 Å². The van der Waals surface area contributed by atoms with Crippen LogP contribution in [-0.4, -0.2) is 59.2 Å². The Morgan fingerprint density at radius 2 is 1.96 bits per heavy atom. The molecule has 0 bridgehead atoms. The number of rotatable bonds is 1. The van der Waals surface area contributed by atoms with Crippen molar-refractivity contribution in [1.29, 1.82) is 0 Å². The lowest BCUT2D eigenvalue weighted by atomic mass is 9.91. The molecule has 3 rings (SSSR count). The van der Waals surface area contributed by atoms with Crippen LogP contribution >= 0.6 is 11.3 Å². The molecule has 1 atom stereocenters. The third kappa shape index (κ3) is 3.17. The molecule has 1 spiro atoms. The molecule has 2 aliphatic heterocycles. The van der Waals surface area contributed by atoms with Gasteiger partial charge in [-0.1, -0.05) is 20.8 Å². The first-order chi connectivity index (χ1) is 11.6. The average Bonchev–Trinajstić information content (AvgIpc) is 3.18. The zero-order chi connectivity index (χ0) is 18.4. The number of amides is 3. The summed E-state index contributed by atoms with van der Waals surface area (Å²) in [5.41, 5.74) is -0.0784. The Bertz CT molecular complexity index is 695. The molecule has 3 amide bonds. The van der Waals surface area contributed by atoms with Crippen molar-refractivity contribution in [1.82, 2.24) is 9.80 Å². The Kier molecular flexibility index (Phi) is 4.39. The van der Waals surface area contributed by atoms with Crippen molar-refractivity contribution in [3.8, 4) is 0 Å². The van der Waals surface area contributed by atoms with Gasteiger partial charge in [0.1, 0.15) is 6.54 Å². The Balaban J connectivity index is 1.90. The van der Waals surface area contributed by atoms with Crippen molar-refractivity contribution in [2.75, 3.05) is 31.1 Å². The standard InChI is InChI=1S/C18H25N3O3S/c1-13(22)21-9-15(23)20(14-5-8-25-10-14)12-18(21)6-7-19(11-18)16(24)17(2,3)4/h5,8,10H,6-7,9,11-12H2,1-4H3. The van der Waals surface area contributed by atoms with Gasteiger partial charge >= 0.3 is 0 Å². The summed E-state index contributed by atoms with van der Waals surface area (Å²) in [6.45, 7) is 8.84. The van der Waals surface area contributed by atoms with E-state index in [1.165, 1.54) is 6.92 Å². The zero-order valence-corrected chi connectivity index (χ0v) is 16.1. The van der Waals surface area contributed by atoms with Crippen LogP contribution < -0.4 is 4.90 Å². The smallest absolute Gasteiger partial charge is 0.246 e. The Hall–Kier alpha value is -1.89. The van der Waals surface area contributed by atoms with Gasteiger partial charge in [0, 0.05) is 30.8 Å². The van der Waals surface area contributed by atoms with Gasteiger partial charge in [0.15, 0.2) is 0 Å². The largest absolute Gasteiger partial charge is 0.340 e. The minimum Gasteiger partial charge on any atom is -0.340 e. The summed E-state index contributed by atoms with van der Waals surface area (Å²) in [5.74, 6) is -0.0879. The molecule has 6 nitrogen and oxygen atoms in total. The summed E-state index contributed by atoms with van der Waals surface area (Å²) in [6, 6.07) is 1.92. The van der Waals surface area contributed by atoms with Crippen LogP contribution in [0.2, 0.25) is 0 Å². The number of hydrogen-bond donors (Lipinski definition) is 0. The molecule has 0 aromatic carbocycles. The predicted octanol–water partition coefficient (Wildman–Crippen LogP) is 1.96. The highest BCUT2D eigenvalue weighted by molar-refractivity contribution is 7.08. The third-order valence-corrected chi connectivity index (χ3v) is 5.75. The lowest BCUT2D eigenvalue weighted by molar-refractivity contribution is -0.144. The van der Waals surface area contributed by atoms with Crippen LogP contribution in [0.4, 0.5) is 5.69 Å². The first-order valence-electron chi connectivity index (χ1n) is 8.54. The molecule has 2 aliphatic rings. The van der Waals surface area contributed by atoms with Gasteiger partial charge in [-0.05, 0) is 17.9 Å². The Labute approximate surface area is 152 Å². The summed E-state index contributed by atoms with van der Waals surface area (Å²) in [6.07, 6.45) is 0.697. The van der Waals surface area contributed by atoms with E-state index in [-0.39, 0.29) is 24.3 Å². The van der Waals surface area contributed by atoms with E-state index in [4.69, 9.17) is 0 Å². The van der Waals surface area contributed by atoms with Crippen molar-refractivity contribution in [2.45, 2.75) is 39.7 Å². The fourth-order valence-electron chi connectivity index (χ4n) is 3.80. The van der Waals surface area contributed by atoms with Crippen molar-refractivity contribution >= 4 is 34.7 Å². The van der Waals surface area contributed by atoms with Crippen molar-refractivity contribution < 1.29 is 14.4 Å². The number of thiophene rings is 1. The van der Waals surface area contributed by atoms with Gasteiger partial charge in [0.05, 0.1) is 17.8 Å². The maximum Gasteiger partial charge on any atom is 0.246 e. The molecule has 0 aliphatic carbocycles. The fraction of sp³-hybridized carbons (Fsp3) is 0.611. The molecule has 1 aromatic rings. The molecule has 0 saturated carbocycles. The van der Waals surface area contributed by atoms with Gasteiger partial charge in [-0.2, -0.15) is 11.3 Å². The molecule has 2 fully saturated rings. The van der Waals surface area contributed by atoms with E-state index < -0.39 is 11.0 Å². The van der Waals surface area contributed by atoms with Crippen molar-refractivity contribution in [2.24, 2.45) is 5.41 Å².